The fourth-order valence-corrected chi connectivity index (χ4v) is 3.36. The van der Waals surface area contributed by atoms with Crippen LogP contribution in [0.5, 0.6) is 5.75 Å². The van der Waals surface area contributed by atoms with Gasteiger partial charge in [0.1, 0.15) is 5.75 Å². The van der Waals surface area contributed by atoms with Crippen LogP contribution in [0.3, 0.4) is 0 Å². The van der Waals surface area contributed by atoms with Crippen LogP contribution >= 0.6 is 11.3 Å². The van der Waals surface area contributed by atoms with Crippen molar-refractivity contribution in [2.75, 3.05) is 5.32 Å². The smallest absolute Gasteiger partial charge is 0.270 e. The van der Waals surface area contributed by atoms with Gasteiger partial charge in [-0.3, -0.25) is 10.1 Å². The molecule has 1 atom stereocenters. The summed E-state index contributed by atoms with van der Waals surface area (Å²) in [5, 5.41) is 18.7. The Hall–Kier alpha value is -3.19. The average molecular weight is 365 g/mol. The van der Waals surface area contributed by atoms with E-state index in [9.17, 15) is 9.90 Å². The second kappa shape index (κ2) is 6.97. The van der Waals surface area contributed by atoms with Crippen LogP contribution in [-0.4, -0.2) is 27.8 Å². The van der Waals surface area contributed by atoms with Gasteiger partial charge in [-0.05, 0) is 17.7 Å². The van der Waals surface area contributed by atoms with E-state index in [1.54, 1.807) is 18.2 Å². The second-order valence-corrected chi connectivity index (χ2v) is 6.64. The molecule has 26 heavy (non-hydrogen) atoms. The number of hydrogen-bond acceptors (Lipinski definition) is 6. The number of carbonyl (C=O) groups is 1. The molecule has 6 nitrogen and oxygen atoms in total. The van der Waals surface area contributed by atoms with Crippen molar-refractivity contribution in [3.05, 3.63) is 65.5 Å². The van der Waals surface area contributed by atoms with E-state index in [-0.39, 0.29) is 11.7 Å². The third kappa shape index (κ3) is 3.43. The molecular formula is C19H15N3O3S. The van der Waals surface area contributed by atoms with Crippen LogP contribution in [0.25, 0.3) is 11.3 Å². The van der Waals surface area contributed by atoms with Gasteiger partial charge in [-0.2, -0.15) is 0 Å². The van der Waals surface area contributed by atoms with Crippen molar-refractivity contribution >= 4 is 28.1 Å². The number of oxime groups is 1. The molecule has 2 N–H and O–H groups in total. The number of phenols is 1. The van der Waals surface area contributed by atoms with Gasteiger partial charge in [-0.1, -0.05) is 47.6 Å². The fraction of sp³-hybridized carbons (Fsp3) is 0.105. The summed E-state index contributed by atoms with van der Waals surface area (Å²) >= 11 is 1.32. The number of nitrogens with zero attached hydrogens (tertiary/aromatic N) is 2. The van der Waals surface area contributed by atoms with Crippen LogP contribution in [0.15, 0.2) is 65.1 Å². The van der Waals surface area contributed by atoms with E-state index in [0.29, 0.717) is 17.2 Å². The topological polar surface area (TPSA) is 83.8 Å². The number of anilines is 1. The Balaban J connectivity index is 1.40. The van der Waals surface area contributed by atoms with Gasteiger partial charge in [0.15, 0.2) is 5.13 Å². The summed E-state index contributed by atoms with van der Waals surface area (Å²) in [6, 6.07) is 16.5. The maximum Gasteiger partial charge on any atom is 0.270 e. The number of benzene rings is 2. The van der Waals surface area contributed by atoms with Gasteiger partial charge < -0.3 is 9.94 Å². The zero-order valence-electron chi connectivity index (χ0n) is 13.6. The molecule has 2 heterocycles. The van der Waals surface area contributed by atoms with Crippen molar-refractivity contribution in [3.8, 4) is 17.0 Å². The van der Waals surface area contributed by atoms with Gasteiger partial charge in [0.2, 0.25) is 6.10 Å². The molecule has 7 heteroatoms. The summed E-state index contributed by atoms with van der Waals surface area (Å²) in [5.41, 5.74) is 3.18. The van der Waals surface area contributed by atoms with Crippen molar-refractivity contribution in [1.82, 2.24) is 4.98 Å². The Morgan fingerprint density at radius 3 is 2.77 bits per heavy atom. The lowest BCUT2D eigenvalue weighted by molar-refractivity contribution is -0.125. The van der Waals surface area contributed by atoms with Gasteiger partial charge in [-0.25, -0.2) is 4.98 Å². The molecule has 0 spiro atoms. The largest absolute Gasteiger partial charge is 0.508 e. The second-order valence-electron chi connectivity index (χ2n) is 5.78. The molecule has 1 aliphatic rings. The summed E-state index contributed by atoms with van der Waals surface area (Å²) in [6.07, 6.45) is -0.251. The van der Waals surface area contributed by atoms with Crippen LogP contribution < -0.4 is 5.32 Å². The fourth-order valence-electron chi connectivity index (χ4n) is 2.63. The summed E-state index contributed by atoms with van der Waals surface area (Å²) in [6.45, 7) is 0. The number of hydrogen-bond donors (Lipinski definition) is 2. The molecule has 0 bridgehead atoms. The highest BCUT2D eigenvalue weighted by atomic mass is 32.1. The maximum absolute atomic E-state index is 12.4. The standard InChI is InChI=1S/C19H15N3O3S/c23-14-8-4-7-13(9-14)16-11-26-19(20-16)21-18(24)17-10-15(22-25-17)12-5-2-1-3-6-12/h1-9,11,17,23H,10H2,(H,20,21,24)/t17-/m1/s1. The molecule has 0 saturated carbocycles. The molecule has 0 unspecified atom stereocenters. The quantitative estimate of drug-likeness (QED) is 0.739. The maximum atomic E-state index is 12.4. The van der Waals surface area contributed by atoms with Crippen LogP contribution in [-0.2, 0) is 9.63 Å². The van der Waals surface area contributed by atoms with Crippen molar-refractivity contribution in [2.24, 2.45) is 5.16 Å². The van der Waals surface area contributed by atoms with Gasteiger partial charge in [-0.15, -0.1) is 11.3 Å². The summed E-state index contributed by atoms with van der Waals surface area (Å²) in [4.78, 5) is 22.1. The van der Waals surface area contributed by atoms with E-state index in [4.69, 9.17) is 4.84 Å². The molecular weight excluding hydrogens is 350 g/mol. The highest BCUT2D eigenvalue weighted by Crippen LogP contribution is 2.27. The van der Waals surface area contributed by atoms with Gasteiger partial charge in [0.05, 0.1) is 11.4 Å². The summed E-state index contributed by atoms with van der Waals surface area (Å²) in [7, 11) is 0. The highest BCUT2D eigenvalue weighted by Gasteiger charge is 2.29. The number of thiazole rings is 1. The van der Waals surface area contributed by atoms with Crippen LogP contribution in [0.2, 0.25) is 0 Å². The van der Waals surface area contributed by atoms with E-state index in [1.165, 1.54) is 11.3 Å². The predicted molar refractivity (Wildman–Crippen MR) is 100 cm³/mol. The summed E-state index contributed by atoms with van der Waals surface area (Å²) < 4.78 is 0. The minimum atomic E-state index is -0.668. The minimum absolute atomic E-state index is 0.172. The lowest BCUT2D eigenvalue weighted by Crippen LogP contribution is -2.27. The molecule has 1 aliphatic heterocycles. The van der Waals surface area contributed by atoms with Crippen molar-refractivity contribution < 1.29 is 14.7 Å². The van der Waals surface area contributed by atoms with E-state index in [0.717, 1.165) is 16.8 Å². The van der Waals surface area contributed by atoms with E-state index < -0.39 is 6.10 Å². The molecule has 130 valence electrons. The predicted octanol–water partition coefficient (Wildman–Crippen LogP) is 3.65. The zero-order chi connectivity index (χ0) is 17.9. The lowest BCUT2D eigenvalue weighted by atomic mass is 10.1. The zero-order valence-corrected chi connectivity index (χ0v) is 14.4. The molecule has 0 fully saturated rings. The number of rotatable bonds is 4. The number of aromatic hydroxyl groups is 1. The molecule has 2 aromatic carbocycles. The first-order valence-corrected chi connectivity index (χ1v) is 8.91. The molecule has 1 aromatic heterocycles. The highest BCUT2D eigenvalue weighted by molar-refractivity contribution is 7.14. The average Bonchev–Trinajstić information content (AvgIpc) is 3.32. The molecule has 0 radical (unpaired) electrons. The number of phenolic OH excluding ortho intramolecular Hbond substituents is 1. The Bertz CT molecular complexity index is 969. The van der Waals surface area contributed by atoms with Gasteiger partial charge in [0, 0.05) is 17.4 Å². The Labute approximate surface area is 153 Å². The van der Waals surface area contributed by atoms with Gasteiger partial charge in [0.25, 0.3) is 5.91 Å². The molecule has 4 rings (SSSR count). The number of carbonyl (C=O) groups excluding carboxylic acids is 1. The number of nitrogens with one attached hydrogen (secondary N) is 1. The lowest BCUT2D eigenvalue weighted by Gasteiger charge is -2.07. The van der Waals surface area contributed by atoms with Crippen molar-refractivity contribution in [2.45, 2.75) is 12.5 Å². The van der Waals surface area contributed by atoms with E-state index in [1.807, 2.05) is 41.8 Å². The molecule has 3 aromatic rings. The van der Waals surface area contributed by atoms with Crippen LogP contribution in [0.4, 0.5) is 5.13 Å². The Morgan fingerprint density at radius 2 is 1.96 bits per heavy atom. The monoisotopic (exact) mass is 365 g/mol. The van der Waals surface area contributed by atoms with E-state index >= 15 is 0 Å². The Morgan fingerprint density at radius 1 is 1.15 bits per heavy atom. The SMILES string of the molecule is O=C(Nc1nc(-c2cccc(O)c2)cs1)[C@H]1CC(c2ccccc2)=NO1. The minimum Gasteiger partial charge on any atom is -0.508 e. The Kier molecular flexibility index (Phi) is 4.37. The summed E-state index contributed by atoms with van der Waals surface area (Å²) in [5.74, 6) is -0.109. The van der Waals surface area contributed by atoms with Crippen molar-refractivity contribution in [1.29, 1.82) is 0 Å². The molecule has 0 saturated heterocycles. The first kappa shape index (κ1) is 16.3. The normalized spacial score (nSPS) is 16.0. The molecule has 0 aliphatic carbocycles. The number of aromatic nitrogens is 1. The van der Waals surface area contributed by atoms with E-state index in [2.05, 4.69) is 15.5 Å². The first-order valence-electron chi connectivity index (χ1n) is 8.03. The third-order valence-corrected chi connectivity index (χ3v) is 4.70. The van der Waals surface area contributed by atoms with Crippen LogP contribution in [0.1, 0.15) is 12.0 Å². The van der Waals surface area contributed by atoms with Crippen LogP contribution in [0, 0.1) is 0 Å². The first-order chi connectivity index (χ1) is 12.7. The van der Waals surface area contributed by atoms with Gasteiger partial charge >= 0.3 is 0 Å². The third-order valence-electron chi connectivity index (χ3n) is 3.94. The van der Waals surface area contributed by atoms with Crippen molar-refractivity contribution in [3.63, 3.8) is 0 Å². The molecule has 1 amide bonds. The number of amides is 1.